The number of carbonyl (C=O) groups excluding carboxylic acids is 1. The molecule has 0 atom stereocenters. The average molecular weight is 377 g/mol. The normalized spacial score (nSPS) is 15.3. The van der Waals surface area contributed by atoms with Crippen molar-refractivity contribution in [3.63, 3.8) is 0 Å². The molecule has 28 heavy (non-hydrogen) atoms. The molecule has 0 unspecified atom stereocenters. The molecule has 7 nitrogen and oxygen atoms in total. The van der Waals surface area contributed by atoms with Crippen LogP contribution in [-0.4, -0.2) is 39.3 Å². The van der Waals surface area contributed by atoms with Crippen LogP contribution in [0.3, 0.4) is 0 Å². The van der Waals surface area contributed by atoms with Gasteiger partial charge in [-0.1, -0.05) is 31.0 Å². The van der Waals surface area contributed by atoms with Crippen molar-refractivity contribution >= 4 is 5.91 Å². The second kappa shape index (κ2) is 7.80. The van der Waals surface area contributed by atoms with Crippen LogP contribution in [0.2, 0.25) is 0 Å². The van der Waals surface area contributed by atoms with Gasteiger partial charge in [0.1, 0.15) is 18.4 Å². The van der Waals surface area contributed by atoms with Crippen LogP contribution in [0.1, 0.15) is 41.6 Å². The maximum atomic E-state index is 12.8. The topological polar surface area (TPSA) is 81.9 Å². The highest BCUT2D eigenvalue weighted by molar-refractivity contribution is 5.94. The highest BCUT2D eigenvalue weighted by atomic mass is 16.5. The van der Waals surface area contributed by atoms with Crippen LogP contribution in [0.15, 0.2) is 55.2 Å². The number of pyridine rings is 1. The summed E-state index contributed by atoms with van der Waals surface area (Å²) in [6, 6.07) is 11.5. The van der Waals surface area contributed by atoms with Crippen LogP contribution >= 0.6 is 0 Å². The summed E-state index contributed by atoms with van der Waals surface area (Å²) >= 11 is 0. The molecule has 4 rings (SSSR count). The summed E-state index contributed by atoms with van der Waals surface area (Å²) in [7, 11) is 1.70. The first-order chi connectivity index (χ1) is 13.7. The fourth-order valence-corrected chi connectivity index (χ4v) is 4.04. The van der Waals surface area contributed by atoms with E-state index in [1.165, 1.54) is 16.6 Å². The molecule has 7 heteroatoms. The van der Waals surface area contributed by atoms with Crippen molar-refractivity contribution in [3.05, 3.63) is 66.4 Å². The molecule has 144 valence electrons. The third kappa shape index (κ3) is 3.47. The van der Waals surface area contributed by atoms with E-state index in [0.717, 1.165) is 31.4 Å². The average Bonchev–Trinajstić information content (AvgIpc) is 3.45. The first kappa shape index (κ1) is 18.2. The largest absolute Gasteiger partial charge is 0.496 e. The zero-order valence-electron chi connectivity index (χ0n) is 15.8. The minimum atomic E-state index is -0.120. The van der Waals surface area contributed by atoms with E-state index in [9.17, 15) is 4.79 Å². The predicted octanol–water partition coefficient (Wildman–Crippen LogP) is 2.91. The van der Waals surface area contributed by atoms with E-state index < -0.39 is 0 Å². The SMILES string of the molecule is COc1ccccc1C1(CNC(=O)c2ccnc(-n3cncn3)c2)CCCC1. The number of amides is 1. The van der Waals surface area contributed by atoms with Gasteiger partial charge in [-0.15, -0.1) is 0 Å². The minimum absolute atomic E-state index is 0.0932. The van der Waals surface area contributed by atoms with Crippen molar-refractivity contribution in [2.24, 2.45) is 0 Å². The zero-order chi connectivity index (χ0) is 19.4. The van der Waals surface area contributed by atoms with Gasteiger partial charge in [0.05, 0.1) is 7.11 Å². The van der Waals surface area contributed by atoms with E-state index >= 15 is 0 Å². The summed E-state index contributed by atoms with van der Waals surface area (Å²) in [6.45, 7) is 0.577. The van der Waals surface area contributed by atoms with Crippen LogP contribution in [0.25, 0.3) is 5.82 Å². The fourth-order valence-electron chi connectivity index (χ4n) is 4.04. The molecule has 1 N–H and O–H groups in total. The number of hydrogen-bond donors (Lipinski definition) is 1. The minimum Gasteiger partial charge on any atom is -0.496 e. The third-order valence-electron chi connectivity index (χ3n) is 5.49. The summed E-state index contributed by atoms with van der Waals surface area (Å²) in [5, 5.41) is 7.20. The molecule has 1 aromatic carbocycles. The Morgan fingerprint density at radius 1 is 1.25 bits per heavy atom. The molecular formula is C21H23N5O2. The summed E-state index contributed by atoms with van der Waals surface area (Å²) in [6.07, 6.45) is 8.98. The monoisotopic (exact) mass is 377 g/mol. The van der Waals surface area contributed by atoms with Gasteiger partial charge in [-0.3, -0.25) is 4.79 Å². The molecule has 2 aromatic heterocycles. The lowest BCUT2D eigenvalue weighted by molar-refractivity contribution is 0.0942. The first-order valence-electron chi connectivity index (χ1n) is 9.45. The number of nitrogens with one attached hydrogen (secondary N) is 1. The lowest BCUT2D eigenvalue weighted by atomic mass is 9.78. The predicted molar refractivity (Wildman–Crippen MR) is 105 cm³/mol. The second-order valence-electron chi connectivity index (χ2n) is 7.11. The zero-order valence-corrected chi connectivity index (χ0v) is 15.8. The standard InChI is InChI=1S/C21H23N5O2/c1-28-18-7-3-2-6-17(18)21(9-4-5-10-21)13-24-20(27)16-8-11-23-19(12-16)26-15-22-14-25-26/h2-3,6-8,11-12,14-15H,4-5,9-10,13H2,1H3,(H,24,27). The van der Waals surface area contributed by atoms with Crippen LogP contribution in [0.5, 0.6) is 5.75 Å². The number of rotatable bonds is 6. The Morgan fingerprint density at radius 3 is 2.82 bits per heavy atom. The van der Waals surface area contributed by atoms with Gasteiger partial charge in [-0.2, -0.15) is 5.10 Å². The Labute approximate surface area is 163 Å². The molecule has 0 radical (unpaired) electrons. The Bertz CT molecular complexity index is 949. The van der Waals surface area contributed by atoms with Crippen LogP contribution in [0.4, 0.5) is 0 Å². The second-order valence-corrected chi connectivity index (χ2v) is 7.11. The van der Waals surface area contributed by atoms with E-state index in [0.29, 0.717) is 17.9 Å². The van der Waals surface area contributed by atoms with Crippen molar-refractivity contribution in [1.29, 1.82) is 0 Å². The molecule has 2 heterocycles. The number of hydrogen-bond acceptors (Lipinski definition) is 5. The maximum Gasteiger partial charge on any atom is 0.251 e. The smallest absolute Gasteiger partial charge is 0.251 e. The molecule has 1 saturated carbocycles. The lowest BCUT2D eigenvalue weighted by Gasteiger charge is -2.31. The molecule has 1 aliphatic carbocycles. The number of carbonyl (C=O) groups is 1. The van der Waals surface area contributed by atoms with Gasteiger partial charge in [0.2, 0.25) is 0 Å². The number of benzene rings is 1. The van der Waals surface area contributed by atoms with Gasteiger partial charge in [0, 0.05) is 29.3 Å². The van der Waals surface area contributed by atoms with Gasteiger partial charge in [-0.05, 0) is 31.0 Å². The van der Waals surface area contributed by atoms with Crippen LogP contribution in [0, 0.1) is 0 Å². The van der Waals surface area contributed by atoms with Crippen LogP contribution < -0.4 is 10.1 Å². The number of para-hydroxylation sites is 1. The van der Waals surface area contributed by atoms with E-state index in [1.54, 1.807) is 31.8 Å². The van der Waals surface area contributed by atoms with Crippen molar-refractivity contribution in [1.82, 2.24) is 25.1 Å². The summed E-state index contributed by atoms with van der Waals surface area (Å²) in [5.41, 5.74) is 1.63. The Balaban J connectivity index is 1.54. The highest BCUT2D eigenvalue weighted by Gasteiger charge is 2.38. The molecule has 1 fully saturated rings. The highest BCUT2D eigenvalue weighted by Crippen LogP contribution is 2.44. The molecule has 0 spiro atoms. The van der Waals surface area contributed by atoms with Gasteiger partial charge in [0.15, 0.2) is 5.82 Å². The molecule has 3 aromatic rings. The third-order valence-corrected chi connectivity index (χ3v) is 5.49. The van der Waals surface area contributed by atoms with Gasteiger partial charge >= 0.3 is 0 Å². The quantitative estimate of drug-likeness (QED) is 0.714. The van der Waals surface area contributed by atoms with E-state index in [2.05, 4.69) is 26.4 Å². The van der Waals surface area contributed by atoms with E-state index in [1.807, 2.05) is 18.2 Å². The Morgan fingerprint density at radius 2 is 2.07 bits per heavy atom. The lowest BCUT2D eigenvalue weighted by Crippen LogP contribution is -2.39. The van der Waals surface area contributed by atoms with Crippen molar-refractivity contribution < 1.29 is 9.53 Å². The summed E-state index contributed by atoms with van der Waals surface area (Å²) in [5.74, 6) is 1.33. The first-order valence-corrected chi connectivity index (χ1v) is 9.45. The number of aromatic nitrogens is 4. The van der Waals surface area contributed by atoms with Gasteiger partial charge < -0.3 is 10.1 Å². The molecule has 0 aliphatic heterocycles. The van der Waals surface area contributed by atoms with E-state index in [4.69, 9.17) is 4.74 Å². The van der Waals surface area contributed by atoms with Crippen LogP contribution in [-0.2, 0) is 5.41 Å². The molecular weight excluding hydrogens is 354 g/mol. The van der Waals surface area contributed by atoms with Crippen molar-refractivity contribution in [2.75, 3.05) is 13.7 Å². The van der Waals surface area contributed by atoms with Crippen molar-refractivity contribution in [2.45, 2.75) is 31.1 Å². The molecule has 1 amide bonds. The Kier molecular flexibility index (Phi) is 5.06. The fraction of sp³-hybridized carbons (Fsp3) is 0.333. The molecule has 0 bridgehead atoms. The van der Waals surface area contributed by atoms with Gasteiger partial charge in [-0.25, -0.2) is 14.6 Å². The molecule has 0 saturated heterocycles. The van der Waals surface area contributed by atoms with E-state index in [-0.39, 0.29) is 11.3 Å². The van der Waals surface area contributed by atoms with Gasteiger partial charge in [0.25, 0.3) is 5.91 Å². The summed E-state index contributed by atoms with van der Waals surface area (Å²) < 4.78 is 7.13. The summed E-state index contributed by atoms with van der Waals surface area (Å²) in [4.78, 5) is 21.0. The number of ether oxygens (including phenoxy) is 1. The molecule has 1 aliphatic rings. The maximum absolute atomic E-state index is 12.8. The number of nitrogens with zero attached hydrogens (tertiary/aromatic N) is 4. The van der Waals surface area contributed by atoms with Crippen molar-refractivity contribution in [3.8, 4) is 11.6 Å². The number of methoxy groups -OCH3 is 1. The Hall–Kier alpha value is -3.22.